The average Bonchev–Trinajstić information content (AvgIpc) is 2.36. The molecule has 0 saturated carbocycles. The molecule has 0 aliphatic rings. The number of ketones is 1. The van der Waals surface area contributed by atoms with Gasteiger partial charge in [0.05, 0.1) is 12.6 Å². The minimum absolute atomic E-state index is 0.0641. The van der Waals surface area contributed by atoms with Crippen molar-refractivity contribution in [3.05, 3.63) is 29.3 Å². The predicted octanol–water partition coefficient (Wildman–Crippen LogP) is 3.17. The van der Waals surface area contributed by atoms with Crippen LogP contribution in [0.2, 0.25) is 0 Å². The molecule has 19 heavy (non-hydrogen) atoms. The Hall–Kier alpha value is -1.35. The zero-order valence-electron chi connectivity index (χ0n) is 13.0. The topological polar surface area (TPSA) is 38.3 Å². The first-order valence-electron chi connectivity index (χ1n) is 6.55. The van der Waals surface area contributed by atoms with Crippen LogP contribution in [0, 0.1) is 0 Å². The van der Waals surface area contributed by atoms with Gasteiger partial charge in [0.25, 0.3) is 0 Å². The standard InChI is InChI=1S/C16H25NO2/c1-15(2,3)12-10-11(8-9-13(12)19-7)14(18)16(4,5)17-6/h8-10,17H,1-7H3. The Morgan fingerprint density at radius 2 is 1.74 bits per heavy atom. The summed E-state index contributed by atoms with van der Waals surface area (Å²) in [4.78, 5) is 12.5. The fourth-order valence-corrected chi connectivity index (χ4v) is 1.91. The Balaban J connectivity index is 3.31. The molecular formula is C16H25NO2. The van der Waals surface area contributed by atoms with E-state index in [1.54, 1.807) is 14.2 Å². The number of benzene rings is 1. The van der Waals surface area contributed by atoms with Crippen LogP contribution < -0.4 is 10.1 Å². The maximum Gasteiger partial charge on any atom is 0.182 e. The van der Waals surface area contributed by atoms with Gasteiger partial charge in [-0.2, -0.15) is 0 Å². The molecule has 0 bridgehead atoms. The number of carbonyl (C=O) groups is 1. The first kappa shape index (κ1) is 15.7. The van der Waals surface area contributed by atoms with Crippen molar-refractivity contribution in [1.29, 1.82) is 0 Å². The van der Waals surface area contributed by atoms with Gasteiger partial charge in [0.2, 0.25) is 0 Å². The highest BCUT2D eigenvalue weighted by molar-refractivity contribution is 6.03. The second-order valence-electron chi connectivity index (χ2n) is 6.37. The van der Waals surface area contributed by atoms with Crippen molar-refractivity contribution in [1.82, 2.24) is 5.32 Å². The molecule has 0 spiro atoms. The smallest absolute Gasteiger partial charge is 0.182 e. The van der Waals surface area contributed by atoms with E-state index in [9.17, 15) is 4.79 Å². The lowest BCUT2D eigenvalue weighted by Crippen LogP contribution is -2.44. The summed E-state index contributed by atoms with van der Waals surface area (Å²) >= 11 is 0. The molecule has 0 aliphatic carbocycles. The number of ether oxygens (including phenoxy) is 1. The highest BCUT2D eigenvalue weighted by Gasteiger charge is 2.28. The zero-order valence-corrected chi connectivity index (χ0v) is 13.0. The van der Waals surface area contributed by atoms with E-state index in [0.29, 0.717) is 5.56 Å². The quantitative estimate of drug-likeness (QED) is 0.848. The largest absolute Gasteiger partial charge is 0.496 e. The Bertz CT molecular complexity index is 470. The summed E-state index contributed by atoms with van der Waals surface area (Å²) in [6.45, 7) is 10.1. The van der Waals surface area contributed by atoms with Gasteiger partial charge in [0, 0.05) is 11.1 Å². The van der Waals surface area contributed by atoms with Crippen LogP contribution in [0.3, 0.4) is 0 Å². The lowest BCUT2D eigenvalue weighted by atomic mass is 9.83. The number of hydrogen-bond acceptors (Lipinski definition) is 3. The summed E-state index contributed by atoms with van der Waals surface area (Å²) in [5.41, 5.74) is 1.13. The lowest BCUT2D eigenvalue weighted by molar-refractivity contribution is 0.0889. The number of methoxy groups -OCH3 is 1. The van der Waals surface area contributed by atoms with E-state index in [-0.39, 0.29) is 11.2 Å². The third-order valence-corrected chi connectivity index (χ3v) is 3.46. The molecule has 0 radical (unpaired) electrons. The molecule has 0 saturated heterocycles. The van der Waals surface area contributed by atoms with E-state index in [0.717, 1.165) is 11.3 Å². The van der Waals surface area contributed by atoms with Crippen molar-refractivity contribution in [2.75, 3.05) is 14.2 Å². The Morgan fingerprint density at radius 1 is 1.16 bits per heavy atom. The van der Waals surface area contributed by atoms with Crippen molar-refractivity contribution < 1.29 is 9.53 Å². The highest BCUT2D eigenvalue weighted by atomic mass is 16.5. The van der Waals surface area contributed by atoms with Gasteiger partial charge in [-0.15, -0.1) is 0 Å². The monoisotopic (exact) mass is 263 g/mol. The molecule has 3 heteroatoms. The van der Waals surface area contributed by atoms with Gasteiger partial charge < -0.3 is 10.1 Å². The minimum Gasteiger partial charge on any atom is -0.496 e. The van der Waals surface area contributed by atoms with Crippen LogP contribution in [-0.2, 0) is 5.41 Å². The minimum atomic E-state index is -0.566. The third kappa shape index (κ3) is 3.35. The van der Waals surface area contributed by atoms with E-state index < -0.39 is 5.54 Å². The fraction of sp³-hybridized carbons (Fsp3) is 0.562. The Labute approximate surface area is 116 Å². The summed E-state index contributed by atoms with van der Waals surface area (Å²) in [5.74, 6) is 0.912. The second-order valence-corrected chi connectivity index (χ2v) is 6.37. The molecule has 1 N–H and O–H groups in total. The summed E-state index contributed by atoms with van der Waals surface area (Å²) in [5, 5.41) is 3.05. The molecule has 0 fully saturated rings. The maximum absolute atomic E-state index is 12.5. The first-order chi connectivity index (χ1) is 8.63. The van der Waals surface area contributed by atoms with Crippen LogP contribution in [-0.4, -0.2) is 25.5 Å². The van der Waals surface area contributed by atoms with Gasteiger partial charge in [-0.25, -0.2) is 0 Å². The fourth-order valence-electron chi connectivity index (χ4n) is 1.91. The van der Waals surface area contributed by atoms with Gasteiger partial charge in [-0.3, -0.25) is 4.79 Å². The number of nitrogens with one attached hydrogen (secondary N) is 1. The first-order valence-corrected chi connectivity index (χ1v) is 6.55. The zero-order chi connectivity index (χ0) is 14.8. The van der Waals surface area contributed by atoms with Crippen LogP contribution >= 0.6 is 0 Å². The lowest BCUT2D eigenvalue weighted by Gasteiger charge is -2.26. The van der Waals surface area contributed by atoms with E-state index in [1.807, 2.05) is 32.0 Å². The van der Waals surface area contributed by atoms with Gasteiger partial charge in [-0.1, -0.05) is 20.8 Å². The third-order valence-electron chi connectivity index (χ3n) is 3.46. The van der Waals surface area contributed by atoms with E-state index in [4.69, 9.17) is 4.74 Å². The van der Waals surface area contributed by atoms with Gasteiger partial charge in [-0.05, 0) is 44.5 Å². The van der Waals surface area contributed by atoms with Crippen molar-refractivity contribution in [2.45, 2.75) is 45.6 Å². The number of carbonyl (C=O) groups excluding carboxylic acids is 1. The highest BCUT2D eigenvalue weighted by Crippen LogP contribution is 2.32. The van der Waals surface area contributed by atoms with Crippen LogP contribution in [0.1, 0.15) is 50.5 Å². The van der Waals surface area contributed by atoms with Crippen LogP contribution in [0.15, 0.2) is 18.2 Å². The SMILES string of the molecule is CNC(C)(C)C(=O)c1ccc(OC)c(C(C)(C)C)c1. The molecule has 0 atom stereocenters. The number of Topliss-reactive ketones (excluding diaryl/α,β-unsaturated/α-hetero) is 1. The molecule has 3 nitrogen and oxygen atoms in total. The average molecular weight is 263 g/mol. The molecule has 106 valence electrons. The van der Waals surface area contributed by atoms with Gasteiger partial charge in [0.15, 0.2) is 5.78 Å². The molecule has 1 rings (SSSR count). The molecule has 1 aromatic carbocycles. The van der Waals surface area contributed by atoms with E-state index >= 15 is 0 Å². The number of likely N-dealkylation sites (N-methyl/N-ethyl adjacent to an activating group) is 1. The van der Waals surface area contributed by atoms with Crippen LogP contribution in [0.5, 0.6) is 5.75 Å². The molecule has 0 heterocycles. The van der Waals surface area contributed by atoms with Gasteiger partial charge in [0.1, 0.15) is 5.75 Å². The Kier molecular flexibility index (Phi) is 4.41. The molecule has 0 aliphatic heterocycles. The molecule has 0 unspecified atom stereocenters. The molecular weight excluding hydrogens is 238 g/mol. The Morgan fingerprint density at radius 3 is 2.16 bits per heavy atom. The second kappa shape index (κ2) is 5.33. The summed E-state index contributed by atoms with van der Waals surface area (Å²) in [6.07, 6.45) is 0. The normalized spacial score (nSPS) is 12.4. The van der Waals surface area contributed by atoms with Crippen molar-refractivity contribution in [3.63, 3.8) is 0 Å². The summed E-state index contributed by atoms with van der Waals surface area (Å²) in [7, 11) is 3.45. The molecule has 0 aromatic heterocycles. The summed E-state index contributed by atoms with van der Waals surface area (Å²) < 4.78 is 5.39. The molecule has 0 amide bonds. The maximum atomic E-state index is 12.5. The molecule has 1 aromatic rings. The van der Waals surface area contributed by atoms with Gasteiger partial charge >= 0.3 is 0 Å². The number of hydrogen-bond donors (Lipinski definition) is 1. The van der Waals surface area contributed by atoms with E-state index in [1.165, 1.54) is 0 Å². The number of rotatable bonds is 4. The van der Waals surface area contributed by atoms with Crippen molar-refractivity contribution in [2.24, 2.45) is 0 Å². The summed E-state index contributed by atoms with van der Waals surface area (Å²) in [6, 6.07) is 5.65. The van der Waals surface area contributed by atoms with Crippen LogP contribution in [0.4, 0.5) is 0 Å². The van der Waals surface area contributed by atoms with Crippen LogP contribution in [0.25, 0.3) is 0 Å². The van der Waals surface area contributed by atoms with Crippen molar-refractivity contribution in [3.8, 4) is 5.75 Å². The predicted molar refractivity (Wildman–Crippen MR) is 79.2 cm³/mol. The van der Waals surface area contributed by atoms with E-state index in [2.05, 4.69) is 26.1 Å². The van der Waals surface area contributed by atoms with Crippen molar-refractivity contribution >= 4 is 5.78 Å².